The van der Waals surface area contributed by atoms with Gasteiger partial charge in [0.2, 0.25) is 0 Å². The maximum absolute atomic E-state index is 5.61. The Hall–Kier alpha value is -0.570. The minimum Gasteiger partial charge on any atom is -0.492 e. The van der Waals surface area contributed by atoms with Crippen LogP contribution in [0.5, 0.6) is 5.75 Å². The van der Waals surface area contributed by atoms with Crippen molar-refractivity contribution in [1.82, 2.24) is 4.98 Å². The molecule has 0 bridgehead atoms. The Morgan fingerprint density at radius 1 is 1.44 bits per heavy atom. The quantitative estimate of drug-likeness (QED) is 0.782. The van der Waals surface area contributed by atoms with Crippen LogP contribution in [0.2, 0.25) is 0 Å². The van der Waals surface area contributed by atoms with Crippen molar-refractivity contribution in [3.8, 4) is 5.75 Å². The van der Waals surface area contributed by atoms with Crippen molar-refractivity contribution in [3.05, 3.63) is 24.0 Å². The van der Waals surface area contributed by atoms with Gasteiger partial charge in [0.25, 0.3) is 0 Å². The normalized spacial score (nSPS) is 24.6. The summed E-state index contributed by atoms with van der Waals surface area (Å²) in [4.78, 5) is 4.88. The highest BCUT2D eigenvalue weighted by molar-refractivity contribution is 9.09. The van der Waals surface area contributed by atoms with Crippen molar-refractivity contribution in [2.75, 3.05) is 6.61 Å². The molecule has 3 heteroatoms. The average molecular weight is 284 g/mol. The van der Waals surface area contributed by atoms with E-state index in [-0.39, 0.29) is 0 Å². The Labute approximate surface area is 106 Å². The molecule has 1 aliphatic carbocycles. The van der Waals surface area contributed by atoms with Gasteiger partial charge >= 0.3 is 0 Å². The van der Waals surface area contributed by atoms with Crippen molar-refractivity contribution >= 4 is 15.9 Å². The number of rotatable bonds is 4. The molecule has 0 N–H and O–H groups in total. The van der Waals surface area contributed by atoms with Gasteiger partial charge in [-0.25, -0.2) is 0 Å². The maximum atomic E-state index is 5.61. The summed E-state index contributed by atoms with van der Waals surface area (Å²) in [7, 11) is 0. The molecule has 1 fully saturated rings. The molecule has 1 saturated carbocycles. The van der Waals surface area contributed by atoms with E-state index in [1.54, 1.807) is 6.20 Å². The molecule has 0 aliphatic heterocycles. The predicted octanol–water partition coefficient (Wildman–Crippen LogP) is 3.90. The van der Waals surface area contributed by atoms with Gasteiger partial charge in [0.05, 0.1) is 12.8 Å². The molecular formula is C13H18BrNO. The number of hydrogen-bond acceptors (Lipinski definition) is 2. The van der Waals surface area contributed by atoms with Gasteiger partial charge in [-0.2, -0.15) is 0 Å². The van der Waals surface area contributed by atoms with Gasteiger partial charge in [-0.15, -0.1) is 0 Å². The Morgan fingerprint density at radius 2 is 2.31 bits per heavy atom. The molecule has 88 valence electrons. The molecule has 2 unspecified atom stereocenters. The molecule has 1 aromatic rings. The molecule has 1 aliphatic rings. The van der Waals surface area contributed by atoms with Gasteiger partial charge in [0, 0.05) is 11.0 Å². The highest BCUT2D eigenvalue weighted by Gasteiger charge is 2.26. The van der Waals surface area contributed by atoms with Gasteiger partial charge in [-0.1, -0.05) is 29.3 Å². The Balaban J connectivity index is 2.09. The van der Waals surface area contributed by atoms with E-state index in [1.807, 2.05) is 6.20 Å². The largest absolute Gasteiger partial charge is 0.492 e. The number of alkyl halides is 1. The molecule has 0 aromatic carbocycles. The van der Waals surface area contributed by atoms with E-state index in [4.69, 9.17) is 4.74 Å². The standard InChI is InChI=1S/C13H18BrNO/c1-2-6-16-11-7-10(8-15-9-11)12-4-3-5-13(12)14/h7-9,12-13H,2-6H2,1H3. The summed E-state index contributed by atoms with van der Waals surface area (Å²) in [6.45, 7) is 2.89. The first-order valence-corrected chi connectivity index (χ1v) is 6.94. The molecule has 16 heavy (non-hydrogen) atoms. The van der Waals surface area contributed by atoms with Crippen molar-refractivity contribution in [2.45, 2.75) is 43.4 Å². The summed E-state index contributed by atoms with van der Waals surface area (Å²) < 4.78 is 5.61. The van der Waals surface area contributed by atoms with E-state index in [0.29, 0.717) is 10.7 Å². The molecule has 0 spiro atoms. The topological polar surface area (TPSA) is 22.1 Å². The molecule has 1 aromatic heterocycles. The molecule has 1 heterocycles. The Morgan fingerprint density at radius 3 is 3.00 bits per heavy atom. The summed E-state index contributed by atoms with van der Waals surface area (Å²) in [5, 5.41) is 0. The number of nitrogens with zero attached hydrogens (tertiary/aromatic N) is 1. The lowest BCUT2D eigenvalue weighted by Gasteiger charge is -2.15. The summed E-state index contributed by atoms with van der Waals surface area (Å²) in [6.07, 6.45) is 8.65. The zero-order chi connectivity index (χ0) is 11.4. The van der Waals surface area contributed by atoms with E-state index in [0.717, 1.165) is 18.8 Å². The van der Waals surface area contributed by atoms with Crippen LogP contribution in [0.15, 0.2) is 18.5 Å². The number of pyridine rings is 1. The summed E-state index contributed by atoms with van der Waals surface area (Å²) >= 11 is 3.75. The van der Waals surface area contributed by atoms with Gasteiger partial charge in [0.15, 0.2) is 0 Å². The van der Waals surface area contributed by atoms with Gasteiger partial charge in [0.1, 0.15) is 5.75 Å². The predicted molar refractivity (Wildman–Crippen MR) is 69.3 cm³/mol. The molecule has 0 radical (unpaired) electrons. The summed E-state index contributed by atoms with van der Waals surface area (Å²) in [5.74, 6) is 1.52. The summed E-state index contributed by atoms with van der Waals surface area (Å²) in [5.41, 5.74) is 1.31. The molecule has 2 rings (SSSR count). The summed E-state index contributed by atoms with van der Waals surface area (Å²) in [6, 6.07) is 2.15. The molecule has 0 amide bonds. The van der Waals surface area contributed by atoms with Crippen LogP contribution in [0.4, 0.5) is 0 Å². The van der Waals surface area contributed by atoms with Crippen LogP contribution in [-0.2, 0) is 0 Å². The second-order valence-electron chi connectivity index (χ2n) is 4.36. The molecule has 2 nitrogen and oxygen atoms in total. The minimum atomic E-state index is 0.607. The minimum absolute atomic E-state index is 0.607. The first-order chi connectivity index (χ1) is 7.81. The molecular weight excluding hydrogens is 266 g/mol. The zero-order valence-electron chi connectivity index (χ0n) is 9.66. The third kappa shape index (κ3) is 2.76. The van der Waals surface area contributed by atoms with E-state index in [1.165, 1.54) is 24.8 Å². The van der Waals surface area contributed by atoms with Crippen LogP contribution < -0.4 is 4.74 Å². The Bertz CT molecular complexity index is 342. The molecule has 0 saturated heterocycles. The van der Waals surface area contributed by atoms with Gasteiger partial charge in [-0.05, 0) is 36.8 Å². The monoisotopic (exact) mass is 283 g/mol. The van der Waals surface area contributed by atoms with Crippen LogP contribution >= 0.6 is 15.9 Å². The Kier molecular flexibility index (Phi) is 4.22. The van der Waals surface area contributed by atoms with Crippen LogP contribution in [0.3, 0.4) is 0 Å². The lowest BCUT2D eigenvalue weighted by atomic mass is 9.99. The number of halogens is 1. The van der Waals surface area contributed by atoms with Crippen molar-refractivity contribution < 1.29 is 4.74 Å². The number of ether oxygens (including phenoxy) is 1. The SMILES string of the molecule is CCCOc1cncc(C2CCCC2Br)c1. The van der Waals surface area contributed by atoms with Crippen molar-refractivity contribution in [3.63, 3.8) is 0 Å². The van der Waals surface area contributed by atoms with E-state index in [9.17, 15) is 0 Å². The van der Waals surface area contributed by atoms with Crippen LogP contribution in [-0.4, -0.2) is 16.4 Å². The zero-order valence-corrected chi connectivity index (χ0v) is 11.2. The first kappa shape index (κ1) is 11.9. The third-order valence-electron chi connectivity index (χ3n) is 3.07. The number of hydrogen-bond donors (Lipinski definition) is 0. The third-order valence-corrected chi connectivity index (χ3v) is 4.16. The smallest absolute Gasteiger partial charge is 0.137 e. The number of aromatic nitrogens is 1. The van der Waals surface area contributed by atoms with Crippen LogP contribution in [0, 0.1) is 0 Å². The fourth-order valence-electron chi connectivity index (χ4n) is 2.23. The average Bonchev–Trinajstić information content (AvgIpc) is 2.73. The lowest BCUT2D eigenvalue weighted by molar-refractivity contribution is 0.315. The fraction of sp³-hybridized carbons (Fsp3) is 0.615. The second kappa shape index (κ2) is 5.67. The molecule has 2 atom stereocenters. The fourth-order valence-corrected chi connectivity index (χ4v) is 3.12. The maximum Gasteiger partial charge on any atom is 0.137 e. The van der Waals surface area contributed by atoms with Crippen molar-refractivity contribution in [1.29, 1.82) is 0 Å². The highest BCUT2D eigenvalue weighted by atomic mass is 79.9. The van der Waals surface area contributed by atoms with Gasteiger partial charge in [-0.3, -0.25) is 4.98 Å². The first-order valence-electron chi connectivity index (χ1n) is 6.03. The highest BCUT2D eigenvalue weighted by Crippen LogP contribution is 2.39. The van der Waals surface area contributed by atoms with Crippen LogP contribution in [0.25, 0.3) is 0 Å². The second-order valence-corrected chi connectivity index (χ2v) is 5.53. The van der Waals surface area contributed by atoms with Crippen LogP contribution in [0.1, 0.15) is 44.1 Å². The van der Waals surface area contributed by atoms with E-state index in [2.05, 4.69) is 33.9 Å². The lowest BCUT2D eigenvalue weighted by Crippen LogP contribution is -2.05. The van der Waals surface area contributed by atoms with Crippen molar-refractivity contribution in [2.24, 2.45) is 0 Å². The van der Waals surface area contributed by atoms with E-state index < -0.39 is 0 Å². The van der Waals surface area contributed by atoms with E-state index >= 15 is 0 Å². The van der Waals surface area contributed by atoms with Gasteiger partial charge < -0.3 is 4.74 Å².